The first-order valence-electron chi connectivity index (χ1n) is 10.7. The van der Waals surface area contributed by atoms with E-state index in [9.17, 15) is 18.8 Å². The number of piperazine rings is 1. The molecule has 3 aromatic rings. The van der Waals surface area contributed by atoms with Crippen molar-refractivity contribution in [1.29, 1.82) is 0 Å². The Kier molecular flexibility index (Phi) is 6.04. The number of benzene rings is 2. The summed E-state index contributed by atoms with van der Waals surface area (Å²) in [5, 5.41) is 1.10. The molecule has 4 rings (SSSR count). The lowest BCUT2D eigenvalue weighted by Gasteiger charge is -2.35. The number of rotatable bonds is 4. The zero-order valence-electron chi connectivity index (χ0n) is 18.4. The molecule has 3 amide bonds. The number of nitrogens with zero attached hydrogens (tertiary/aromatic N) is 2. The number of ether oxygens (including phenoxy) is 1. The Balaban J connectivity index is 1.56. The first-order valence-corrected chi connectivity index (χ1v) is 10.7. The third-order valence-electron chi connectivity index (χ3n) is 5.92. The van der Waals surface area contributed by atoms with Gasteiger partial charge in [-0.15, -0.1) is 0 Å². The molecule has 172 valence electrons. The number of H-pyrrole nitrogens is 1. The number of aromatic amines is 1. The van der Waals surface area contributed by atoms with Crippen LogP contribution < -0.4 is 16.0 Å². The lowest BCUT2D eigenvalue weighted by Crippen LogP contribution is -2.54. The van der Waals surface area contributed by atoms with E-state index in [0.717, 1.165) is 16.7 Å². The van der Waals surface area contributed by atoms with Gasteiger partial charge in [0.15, 0.2) is 6.10 Å². The zero-order chi connectivity index (χ0) is 23.7. The Morgan fingerprint density at radius 3 is 2.39 bits per heavy atom. The normalized spacial score (nSPS) is 14.9. The number of urea groups is 1. The van der Waals surface area contributed by atoms with E-state index in [2.05, 4.69) is 4.98 Å². The van der Waals surface area contributed by atoms with Crippen LogP contribution in [0.15, 0.2) is 47.4 Å². The largest absolute Gasteiger partial charge is 0.481 e. The summed E-state index contributed by atoms with van der Waals surface area (Å²) >= 11 is 0. The number of halogens is 1. The molecule has 0 bridgehead atoms. The first-order chi connectivity index (χ1) is 15.7. The predicted molar refractivity (Wildman–Crippen MR) is 123 cm³/mol. The highest BCUT2D eigenvalue weighted by molar-refractivity contribution is 5.97. The minimum Gasteiger partial charge on any atom is -0.481 e. The van der Waals surface area contributed by atoms with E-state index >= 15 is 0 Å². The summed E-state index contributed by atoms with van der Waals surface area (Å²) < 4.78 is 19.4. The van der Waals surface area contributed by atoms with Gasteiger partial charge in [0.1, 0.15) is 11.6 Å². The SMILES string of the molecule is Cc1cc(F)ccc1-c1c[nH]c(=O)c2cc(O[C@H](C)C(=O)N3CCN(C(N)=O)CC3)ccc12. The lowest BCUT2D eigenvalue weighted by molar-refractivity contribution is -0.139. The predicted octanol–water partition coefficient (Wildman–Crippen LogP) is 2.63. The minimum atomic E-state index is -0.774. The molecule has 1 aromatic heterocycles. The number of amides is 3. The van der Waals surface area contributed by atoms with Crippen LogP contribution in [0.25, 0.3) is 21.9 Å². The molecular weight excluding hydrogens is 427 g/mol. The summed E-state index contributed by atoms with van der Waals surface area (Å²) in [5.74, 6) is -0.142. The minimum absolute atomic E-state index is 0.205. The Bertz CT molecular complexity index is 1280. The Morgan fingerprint density at radius 1 is 1.03 bits per heavy atom. The monoisotopic (exact) mass is 452 g/mol. The second kappa shape index (κ2) is 8.93. The fraction of sp³-hybridized carbons (Fsp3) is 0.292. The maximum Gasteiger partial charge on any atom is 0.314 e. The van der Waals surface area contributed by atoms with E-state index < -0.39 is 12.1 Å². The molecule has 2 aromatic carbocycles. The van der Waals surface area contributed by atoms with Crippen molar-refractivity contribution in [3.8, 4) is 16.9 Å². The molecule has 1 saturated heterocycles. The van der Waals surface area contributed by atoms with Crippen molar-refractivity contribution in [2.45, 2.75) is 20.0 Å². The van der Waals surface area contributed by atoms with Crippen molar-refractivity contribution in [3.05, 3.63) is 64.3 Å². The van der Waals surface area contributed by atoms with Gasteiger partial charge in [0.2, 0.25) is 0 Å². The highest BCUT2D eigenvalue weighted by Gasteiger charge is 2.27. The van der Waals surface area contributed by atoms with Crippen LogP contribution in [0.4, 0.5) is 9.18 Å². The van der Waals surface area contributed by atoms with E-state index in [4.69, 9.17) is 10.5 Å². The molecule has 0 unspecified atom stereocenters. The lowest BCUT2D eigenvalue weighted by atomic mass is 9.97. The molecule has 8 nitrogen and oxygen atoms in total. The van der Waals surface area contributed by atoms with Crippen molar-refractivity contribution in [3.63, 3.8) is 0 Å². The Morgan fingerprint density at radius 2 is 1.73 bits per heavy atom. The van der Waals surface area contributed by atoms with Gasteiger partial charge in [-0.05, 0) is 60.7 Å². The average molecular weight is 452 g/mol. The molecule has 0 saturated carbocycles. The van der Waals surface area contributed by atoms with E-state index in [1.54, 1.807) is 42.3 Å². The molecule has 9 heteroatoms. The van der Waals surface area contributed by atoms with Crippen molar-refractivity contribution >= 4 is 22.7 Å². The maximum absolute atomic E-state index is 13.5. The van der Waals surface area contributed by atoms with Gasteiger partial charge in [-0.25, -0.2) is 9.18 Å². The van der Waals surface area contributed by atoms with Gasteiger partial charge in [-0.1, -0.05) is 6.07 Å². The van der Waals surface area contributed by atoms with Crippen molar-refractivity contribution < 1.29 is 18.7 Å². The van der Waals surface area contributed by atoms with Gasteiger partial charge >= 0.3 is 6.03 Å². The summed E-state index contributed by atoms with van der Waals surface area (Å²) in [7, 11) is 0. The fourth-order valence-corrected chi connectivity index (χ4v) is 4.12. The van der Waals surface area contributed by atoms with E-state index in [-0.39, 0.29) is 17.3 Å². The molecule has 1 atom stereocenters. The zero-order valence-corrected chi connectivity index (χ0v) is 18.4. The molecule has 1 fully saturated rings. The van der Waals surface area contributed by atoms with Gasteiger partial charge in [-0.3, -0.25) is 9.59 Å². The van der Waals surface area contributed by atoms with Crippen LogP contribution in [-0.2, 0) is 4.79 Å². The molecule has 33 heavy (non-hydrogen) atoms. The molecular formula is C24H25FN4O4. The standard InChI is InChI=1S/C24H25FN4O4/c1-14-11-16(25)3-5-18(14)21-13-27-22(30)20-12-17(4-6-19(20)21)33-15(2)23(31)28-7-9-29(10-8-28)24(26)32/h3-6,11-13,15H,7-10H2,1-2H3,(H2,26,32)(H,27,30)/t15-/m1/s1. The third-order valence-corrected chi connectivity index (χ3v) is 5.92. The second-order valence-electron chi connectivity index (χ2n) is 8.11. The van der Waals surface area contributed by atoms with Crippen LogP contribution in [0.3, 0.4) is 0 Å². The summed E-state index contributed by atoms with van der Waals surface area (Å²) in [5.41, 5.74) is 7.32. The van der Waals surface area contributed by atoms with Gasteiger partial charge < -0.3 is 25.3 Å². The van der Waals surface area contributed by atoms with Crippen molar-refractivity contribution in [2.24, 2.45) is 5.73 Å². The summed E-state index contributed by atoms with van der Waals surface area (Å²) in [4.78, 5) is 42.4. The number of carbonyl (C=O) groups excluding carboxylic acids is 2. The van der Waals surface area contributed by atoms with Crippen LogP contribution >= 0.6 is 0 Å². The highest BCUT2D eigenvalue weighted by Crippen LogP contribution is 2.31. The molecule has 2 heterocycles. The van der Waals surface area contributed by atoms with Gasteiger partial charge in [0.05, 0.1) is 5.39 Å². The smallest absolute Gasteiger partial charge is 0.314 e. The number of nitrogens with one attached hydrogen (secondary N) is 1. The molecule has 0 spiro atoms. The number of aryl methyl sites for hydroxylation is 1. The number of carbonyl (C=O) groups is 2. The number of aromatic nitrogens is 1. The Hall–Kier alpha value is -3.88. The van der Waals surface area contributed by atoms with E-state index in [0.29, 0.717) is 42.7 Å². The summed E-state index contributed by atoms with van der Waals surface area (Å²) in [6.45, 7) is 4.98. The fourth-order valence-electron chi connectivity index (χ4n) is 4.12. The topological polar surface area (TPSA) is 109 Å². The molecule has 0 radical (unpaired) electrons. The van der Waals surface area contributed by atoms with Crippen LogP contribution in [0, 0.1) is 12.7 Å². The van der Waals surface area contributed by atoms with E-state index in [1.807, 2.05) is 6.92 Å². The molecule has 1 aliphatic heterocycles. The van der Waals surface area contributed by atoms with Crippen LogP contribution in [0.5, 0.6) is 5.75 Å². The van der Waals surface area contributed by atoms with Gasteiger partial charge in [0, 0.05) is 37.9 Å². The number of nitrogens with two attached hydrogens (primary N) is 1. The number of primary amides is 1. The number of hydrogen-bond acceptors (Lipinski definition) is 4. The van der Waals surface area contributed by atoms with Crippen LogP contribution in [0.1, 0.15) is 12.5 Å². The summed E-state index contributed by atoms with van der Waals surface area (Å²) in [6.07, 6.45) is 0.840. The van der Waals surface area contributed by atoms with Crippen molar-refractivity contribution in [1.82, 2.24) is 14.8 Å². The van der Waals surface area contributed by atoms with Crippen LogP contribution in [-0.4, -0.2) is 59.0 Å². The van der Waals surface area contributed by atoms with Crippen molar-refractivity contribution in [2.75, 3.05) is 26.2 Å². The average Bonchev–Trinajstić information content (AvgIpc) is 2.79. The van der Waals surface area contributed by atoms with Gasteiger partial charge in [0.25, 0.3) is 11.5 Å². The molecule has 1 aliphatic rings. The maximum atomic E-state index is 13.5. The quantitative estimate of drug-likeness (QED) is 0.634. The Labute approximate surface area is 189 Å². The van der Waals surface area contributed by atoms with E-state index in [1.165, 1.54) is 17.0 Å². The highest BCUT2D eigenvalue weighted by atomic mass is 19.1. The summed E-state index contributed by atoms with van der Waals surface area (Å²) in [6, 6.07) is 9.09. The molecule has 3 N–H and O–H groups in total. The second-order valence-corrected chi connectivity index (χ2v) is 8.11. The van der Waals surface area contributed by atoms with Gasteiger partial charge in [-0.2, -0.15) is 0 Å². The third kappa shape index (κ3) is 4.52. The van der Waals surface area contributed by atoms with Crippen LogP contribution in [0.2, 0.25) is 0 Å². The number of pyridine rings is 1. The molecule has 0 aliphatic carbocycles. The first kappa shape index (κ1) is 22.3. The number of hydrogen-bond donors (Lipinski definition) is 2. The number of fused-ring (bicyclic) bond motifs is 1.